The SMILES string of the molecule is Clc1nc(NCCc2ccccc2)c2ncn(C3CCCCO3)c2n1. The number of ether oxygens (including phenoxy) is 1. The lowest BCUT2D eigenvalue weighted by atomic mass is 10.1. The number of nitrogens with one attached hydrogen (secondary N) is 1. The molecule has 1 aliphatic rings. The number of hydrogen-bond donors (Lipinski definition) is 1. The third-order valence-corrected chi connectivity index (χ3v) is 4.58. The molecule has 0 spiro atoms. The Bertz CT molecular complexity index is 845. The van der Waals surface area contributed by atoms with Gasteiger partial charge >= 0.3 is 0 Å². The van der Waals surface area contributed by atoms with Gasteiger partial charge in [-0.25, -0.2) is 4.98 Å². The molecule has 0 saturated carbocycles. The first-order chi connectivity index (χ1) is 12.3. The summed E-state index contributed by atoms with van der Waals surface area (Å²) < 4.78 is 7.81. The van der Waals surface area contributed by atoms with Gasteiger partial charge in [0.15, 0.2) is 17.0 Å². The zero-order chi connectivity index (χ0) is 17.1. The fourth-order valence-electron chi connectivity index (χ4n) is 3.14. The Morgan fingerprint density at radius 1 is 1.20 bits per heavy atom. The topological polar surface area (TPSA) is 64.9 Å². The minimum Gasteiger partial charge on any atom is -0.368 e. The van der Waals surface area contributed by atoms with E-state index >= 15 is 0 Å². The fourth-order valence-corrected chi connectivity index (χ4v) is 3.30. The summed E-state index contributed by atoms with van der Waals surface area (Å²) in [5.74, 6) is 0.667. The van der Waals surface area contributed by atoms with Crippen molar-refractivity contribution in [3.05, 3.63) is 47.5 Å². The number of halogens is 1. The molecule has 4 rings (SSSR count). The Balaban J connectivity index is 1.55. The van der Waals surface area contributed by atoms with Gasteiger partial charge in [-0.1, -0.05) is 30.3 Å². The summed E-state index contributed by atoms with van der Waals surface area (Å²) in [5, 5.41) is 3.56. The van der Waals surface area contributed by atoms with Gasteiger partial charge in [-0.3, -0.25) is 4.57 Å². The smallest absolute Gasteiger partial charge is 0.226 e. The number of benzene rings is 1. The van der Waals surface area contributed by atoms with Gasteiger partial charge in [0, 0.05) is 13.2 Å². The zero-order valence-corrected chi connectivity index (χ0v) is 14.6. The molecule has 1 fully saturated rings. The standard InChI is InChI=1S/C18H20ClN5O/c19-18-22-16(20-10-9-13-6-2-1-3-7-13)15-17(23-18)24(12-21-15)14-8-4-5-11-25-14/h1-3,6-7,12,14H,4-5,8-11H2,(H,20,22,23). The average molecular weight is 358 g/mol. The Kier molecular flexibility index (Phi) is 4.81. The van der Waals surface area contributed by atoms with E-state index in [1.54, 1.807) is 6.33 Å². The number of fused-ring (bicyclic) bond motifs is 1. The van der Waals surface area contributed by atoms with Crippen LogP contribution in [0, 0.1) is 0 Å². The van der Waals surface area contributed by atoms with Crippen molar-refractivity contribution >= 4 is 28.6 Å². The highest BCUT2D eigenvalue weighted by atomic mass is 35.5. The summed E-state index contributed by atoms with van der Waals surface area (Å²) in [7, 11) is 0. The van der Waals surface area contributed by atoms with E-state index in [9.17, 15) is 0 Å². The second-order valence-corrected chi connectivity index (χ2v) is 6.49. The molecule has 1 saturated heterocycles. The Morgan fingerprint density at radius 2 is 2.08 bits per heavy atom. The molecule has 0 aliphatic carbocycles. The lowest BCUT2D eigenvalue weighted by molar-refractivity contribution is -0.0298. The van der Waals surface area contributed by atoms with Gasteiger partial charge in [0.05, 0.1) is 6.33 Å². The normalized spacial score (nSPS) is 17.7. The van der Waals surface area contributed by atoms with E-state index in [2.05, 4.69) is 32.4 Å². The largest absolute Gasteiger partial charge is 0.368 e. The molecular weight excluding hydrogens is 338 g/mol. The van der Waals surface area contributed by atoms with Gasteiger partial charge in [0.2, 0.25) is 5.28 Å². The van der Waals surface area contributed by atoms with Crippen LogP contribution >= 0.6 is 11.6 Å². The maximum Gasteiger partial charge on any atom is 0.226 e. The first-order valence-corrected chi connectivity index (χ1v) is 8.98. The van der Waals surface area contributed by atoms with Crippen molar-refractivity contribution < 1.29 is 4.74 Å². The van der Waals surface area contributed by atoms with E-state index in [0.717, 1.165) is 44.4 Å². The van der Waals surface area contributed by atoms with Crippen LogP contribution in [0.25, 0.3) is 11.2 Å². The summed E-state index contributed by atoms with van der Waals surface area (Å²) in [6.07, 6.45) is 5.85. The molecule has 7 heteroatoms. The number of rotatable bonds is 5. The number of anilines is 1. The van der Waals surface area contributed by atoms with Gasteiger partial charge < -0.3 is 10.1 Å². The highest BCUT2D eigenvalue weighted by Crippen LogP contribution is 2.28. The van der Waals surface area contributed by atoms with Crippen molar-refractivity contribution in [2.45, 2.75) is 31.9 Å². The minimum absolute atomic E-state index is 0.0260. The first-order valence-electron chi connectivity index (χ1n) is 8.61. The van der Waals surface area contributed by atoms with Crippen molar-refractivity contribution in [1.29, 1.82) is 0 Å². The van der Waals surface area contributed by atoms with Crippen LogP contribution in [-0.2, 0) is 11.2 Å². The predicted octanol–water partition coefficient (Wildman–Crippen LogP) is 3.83. The number of nitrogens with zero attached hydrogens (tertiary/aromatic N) is 4. The number of imidazole rings is 1. The van der Waals surface area contributed by atoms with Crippen LogP contribution in [0.5, 0.6) is 0 Å². The van der Waals surface area contributed by atoms with E-state index in [4.69, 9.17) is 16.3 Å². The molecule has 6 nitrogen and oxygen atoms in total. The zero-order valence-electron chi connectivity index (χ0n) is 13.9. The van der Waals surface area contributed by atoms with Gasteiger partial charge in [0.1, 0.15) is 6.23 Å². The number of hydrogen-bond acceptors (Lipinski definition) is 5. The molecule has 0 radical (unpaired) electrons. The minimum atomic E-state index is -0.0260. The van der Waals surface area contributed by atoms with E-state index in [1.165, 1.54) is 5.56 Å². The molecule has 0 bridgehead atoms. The summed E-state index contributed by atoms with van der Waals surface area (Å²) in [4.78, 5) is 13.2. The molecular formula is C18H20ClN5O. The molecule has 0 amide bonds. The van der Waals surface area contributed by atoms with E-state index in [1.807, 2.05) is 22.8 Å². The van der Waals surface area contributed by atoms with Crippen LogP contribution < -0.4 is 5.32 Å². The van der Waals surface area contributed by atoms with Crippen LogP contribution in [0.3, 0.4) is 0 Å². The van der Waals surface area contributed by atoms with Crippen LogP contribution in [0.4, 0.5) is 5.82 Å². The van der Waals surface area contributed by atoms with Crippen LogP contribution in [-0.4, -0.2) is 32.7 Å². The molecule has 130 valence electrons. The van der Waals surface area contributed by atoms with Crippen LogP contribution in [0.2, 0.25) is 5.28 Å². The van der Waals surface area contributed by atoms with Crippen molar-refractivity contribution in [2.24, 2.45) is 0 Å². The summed E-state index contributed by atoms with van der Waals surface area (Å²) >= 11 is 6.14. The van der Waals surface area contributed by atoms with Crippen molar-refractivity contribution in [3.8, 4) is 0 Å². The van der Waals surface area contributed by atoms with Crippen molar-refractivity contribution in [1.82, 2.24) is 19.5 Å². The second kappa shape index (κ2) is 7.37. The Hall–Kier alpha value is -2.18. The van der Waals surface area contributed by atoms with E-state index in [-0.39, 0.29) is 11.5 Å². The fraction of sp³-hybridized carbons (Fsp3) is 0.389. The third-order valence-electron chi connectivity index (χ3n) is 4.41. The highest BCUT2D eigenvalue weighted by Gasteiger charge is 2.20. The summed E-state index contributed by atoms with van der Waals surface area (Å²) in [6.45, 7) is 1.52. The maximum atomic E-state index is 6.14. The molecule has 1 unspecified atom stereocenters. The second-order valence-electron chi connectivity index (χ2n) is 6.15. The molecule has 25 heavy (non-hydrogen) atoms. The molecule has 2 aromatic heterocycles. The van der Waals surface area contributed by atoms with Gasteiger partial charge in [-0.05, 0) is 42.8 Å². The lowest BCUT2D eigenvalue weighted by Gasteiger charge is -2.23. The predicted molar refractivity (Wildman–Crippen MR) is 97.8 cm³/mol. The summed E-state index contributed by atoms with van der Waals surface area (Å²) in [5.41, 5.74) is 2.72. The monoisotopic (exact) mass is 357 g/mol. The van der Waals surface area contributed by atoms with Gasteiger partial charge in [0.25, 0.3) is 0 Å². The molecule has 1 aliphatic heterocycles. The van der Waals surface area contributed by atoms with Gasteiger partial charge in [-0.15, -0.1) is 0 Å². The first kappa shape index (κ1) is 16.3. The highest BCUT2D eigenvalue weighted by molar-refractivity contribution is 6.28. The lowest BCUT2D eigenvalue weighted by Crippen LogP contribution is -2.18. The van der Waals surface area contributed by atoms with Crippen molar-refractivity contribution in [2.75, 3.05) is 18.5 Å². The Labute approximate surface area is 151 Å². The third kappa shape index (κ3) is 3.60. The molecule has 1 aromatic carbocycles. The van der Waals surface area contributed by atoms with Crippen molar-refractivity contribution in [3.63, 3.8) is 0 Å². The van der Waals surface area contributed by atoms with Gasteiger partial charge in [-0.2, -0.15) is 9.97 Å². The van der Waals surface area contributed by atoms with Crippen LogP contribution in [0.15, 0.2) is 36.7 Å². The van der Waals surface area contributed by atoms with E-state index < -0.39 is 0 Å². The molecule has 3 heterocycles. The Morgan fingerprint density at radius 3 is 2.88 bits per heavy atom. The molecule has 1 atom stereocenters. The van der Waals surface area contributed by atoms with E-state index in [0.29, 0.717) is 11.5 Å². The molecule has 3 aromatic rings. The quantitative estimate of drug-likeness (QED) is 0.703. The van der Waals surface area contributed by atoms with Crippen LogP contribution in [0.1, 0.15) is 31.1 Å². The molecule has 1 N–H and O–H groups in total. The maximum absolute atomic E-state index is 6.14. The summed E-state index contributed by atoms with van der Waals surface area (Å²) in [6, 6.07) is 10.3. The average Bonchev–Trinajstić information content (AvgIpc) is 3.07. The number of aromatic nitrogens is 4.